The minimum Gasteiger partial charge on any atom is -0.462 e. The van der Waals surface area contributed by atoms with Crippen LogP contribution in [0.4, 0.5) is 0 Å². The topological polar surface area (TPSA) is 210 Å². The van der Waals surface area contributed by atoms with Gasteiger partial charge in [0.15, 0.2) is 6.10 Å². The highest BCUT2D eigenvalue weighted by Crippen LogP contribution is 2.47. The van der Waals surface area contributed by atoms with E-state index in [2.05, 4.69) is 62.5 Å². The van der Waals surface area contributed by atoms with Crippen molar-refractivity contribution in [2.75, 3.05) is 13.2 Å². The van der Waals surface area contributed by atoms with Crippen molar-refractivity contribution in [3.05, 3.63) is 48.6 Å². The summed E-state index contributed by atoms with van der Waals surface area (Å²) in [5.41, 5.74) is 0. The molecule has 0 heterocycles. The van der Waals surface area contributed by atoms with Crippen LogP contribution >= 0.6 is 7.82 Å². The van der Waals surface area contributed by atoms with E-state index in [1.165, 1.54) is 44.9 Å². The quantitative estimate of drug-likeness (QED) is 0.0149. The van der Waals surface area contributed by atoms with Gasteiger partial charge in [0.2, 0.25) is 0 Å². The predicted molar refractivity (Wildman–Crippen MR) is 235 cm³/mol. The lowest BCUT2D eigenvalue weighted by Crippen LogP contribution is -2.64. The fourth-order valence-corrected chi connectivity index (χ4v) is 7.61. The summed E-state index contributed by atoms with van der Waals surface area (Å²) in [5, 5.41) is 50.1. The minimum atomic E-state index is -5.13. The lowest BCUT2D eigenvalue weighted by Gasteiger charge is -2.41. The van der Waals surface area contributed by atoms with Gasteiger partial charge in [0, 0.05) is 12.8 Å². The van der Waals surface area contributed by atoms with Gasteiger partial charge in [-0.25, -0.2) is 4.57 Å². The minimum absolute atomic E-state index is 0.0763. The molecule has 1 aliphatic rings. The number of carbonyl (C=O) groups excluding carboxylic acids is 2. The number of carbonyl (C=O) groups is 2. The Labute approximate surface area is 360 Å². The molecule has 0 aliphatic heterocycles. The van der Waals surface area contributed by atoms with E-state index in [0.29, 0.717) is 12.8 Å². The first-order valence-corrected chi connectivity index (χ1v) is 24.4. The Bertz CT molecular complexity index is 1240. The van der Waals surface area contributed by atoms with Crippen molar-refractivity contribution in [1.29, 1.82) is 0 Å². The fraction of sp³-hybridized carbons (Fsp3) is 0.783. The van der Waals surface area contributed by atoms with Gasteiger partial charge in [0.1, 0.15) is 43.2 Å². The van der Waals surface area contributed by atoms with Crippen LogP contribution in [0.1, 0.15) is 174 Å². The maximum atomic E-state index is 12.8. The molecule has 6 unspecified atom stereocenters. The van der Waals surface area contributed by atoms with Crippen LogP contribution in [0.5, 0.6) is 0 Å². The molecule has 0 spiro atoms. The molecule has 6 N–H and O–H groups in total. The maximum Gasteiger partial charge on any atom is 0.472 e. The molecular weight excluding hydrogens is 791 g/mol. The molecule has 0 amide bonds. The molecule has 1 rings (SSSR count). The smallest absolute Gasteiger partial charge is 0.462 e. The Balaban J connectivity index is 2.49. The largest absolute Gasteiger partial charge is 0.472 e. The number of aliphatic hydroxyl groups is 5. The molecule has 0 saturated heterocycles. The summed E-state index contributed by atoms with van der Waals surface area (Å²) in [6.07, 6.45) is 28.7. The molecule has 0 aromatic carbocycles. The van der Waals surface area contributed by atoms with Crippen molar-refractivity contribution < 1.29 is 63.1 Å². The number of hydrogen-bond donors (Lipinski definition) is 6. The molecule has 6 atom stereocenters. The number of esters is 2. The number of allylic oxidation sites excluding steroid dienone is 8. The lowest BCUT2D eigenvalue weighted by molar-refractivity contribution is -0.220. The van der Waals surface area contributed by atoms with Crippen LogP contribution < -0.4 is 0 Å². The number of aliphatic hydroxyl groups excluding tert-OH is 5. The molecule has 1 fully saturated rings. The Morgan fingerprint density at radius 1 is 0.517 bits per heavy atom. The standard InChI is InChI=1S/C46H81O13P/c1-3-5-7-9-11-13-15-17-19-21-23-25-27-29-31-33-35-40(48)58-38(37-57-60(54,55)59-46-44(52)42(50)41(49)43(51)45(46)53)36-56-39(47)34-32-30-28-26-24-22-20-18-16-14-12-10-8-6-4-2/h12-15,18-21,38,41-46,49-53H,3-11,16-17,22-37H2,1-2H3,(H,54,55)/b14-12-,15-13-,20-18-,21-19-. The summed E-state index contributed by atoms with van der Waals surface area (Å²) in [4.78, 5) is 35.7. The number of hydrogen-bond acceptors (Lipinski definition) is 12. The fourth-order valence-electron chi connectivity index (χ4n) is 6.64. The van der Waals surface area contributed by atoms with Crippen LogP contribution in [0, 0.1) is 0 Å². The lowest BCUT2D eigenvalue weighted by atomic mass is 9.85. The van der Waals surface area contributed by atoms with Crippen LogP contribution in [-0.2, 0) is 32.7 Å². The number of unbranched alkanes of at least 4 members (excludes halogenated alkanes) is 17. The zero-order chi connectivity index (χ0) is 44.3. The highest BCUT2D eigenvalue weighted by atomic mass is 31.2. The van der Waals surface area contributed by atoms with Crippen molar-refractivity contribution in [3.63, 3.8) is 0 Å². The normalized spacial score (nSPS) is 22.6. The van der Waals surface area contributed by atoms with Gasteiger partial charge in [-0.1, -0.05) is 133 Å². The van der Waals surface area contributed by atoms with Gasteiger partial charge in [-0.15, -0.1) is 0 Å². The first-order valence-electron chi connectivity index (χ1n) is 22.9. The summed E-state index contributed by atoms with van der Waals surface area (Å²) < 4.78 is 33.5. The Hall–Kier alpha value is -2.19. The Kier molecular flexibility index (Phi) is 33.8. The van der Waals surface area contributed by atoms with Crippen molar-refractivity contribution in [3.8, 4) is 0 Å². The average molecular weight is 873 g/mol. The molecular formula is C46H81O13P. The first-order chi connectivity index (χ1) is 28.9. The number of ether oxygens (including phenoxy) is 2. The summed E-state index contributed by atoms with van der Waals surface area (Å²) in [6, 6.07) is 0. The molecule has 1 aliphatic carbocycles. The van der Waals surface area contributed by atoms with Gasteiger partial charge in [0.05, 0.1) is 6.61 Å². The maximum absolute atomic E-state index is 12.8. The molecule has 1 saturated carbocycles. The van der Waals surface area contributed by atoms with E-state index in [4.69, 9.17) is 18.5 Å². The van der Waals surface area contributed by atoms with Gasteiger partial charge >= 0.3 is 19.8 Å². The van der Waals surface area contributed by atoms with E-state index in [0.717, 1.165) is 89.9 Å². The third kappa shape index (κ3) is 28.4. The van der Waals surface area contributed by atoms with Crippen molar-refractivity contribution in [1.82, 2.24) is 0 Å². The number of phosphoric acid groups is 1. The average Bonchev–Trinajstić information content (AvgIpc) is 3.23. The van der Waals surface area contributed by atoms with Gasteiger partial charge in [-0.3, -0.25) is 18.6 Å². The molecule has 60 heavy (non-hydrogen) atoms. The van der Waals surface area contributed by atoms with E-state index in [1.54, 1.807) is 0 Å². The molecule has 0 aromatic heterocycles. The molecule has 0 bridgehead atoms. The van der Waals surface area contributed by atoms with Gasteiger partial charge in [-0.2, -0.15) is 0 Å². The highest BCUT2D eigenvalue weighted by molar-refractivity contribution is 7.47. The van der Waals surface area contributed by atoms with Crippen molar-refractivity contribution in [2.24, 2.45) is 0 Å². The van der Waals surface area contributed by atoms with Gasteiger partial charge < -0.3 is 39.9 Å². The van der Waals surface area contributed by atoms with E-state index in [1.807, 2.05) is 0 Å². The van der Waals surface area contributed by atoms with Crippen LogP contribution in [0.15, 0.2) is 48.6 Å². The van der Waals surface area contributed by atoms with Gasteiger partial charge in [-0.05, 0) is 77.0 Å². The number of rotatable bonds is 37. The third-order valence-corrected chi connectivity index (χ3v) is 11.4. The first kappa shape index (κ1) is 55.8. The number of phosphoric ester groups is 1. The zero-order valence-corrected chi connectivity index (χ0v) is 37.6. The molecule has 0 aromatic rings. The molecule has 0 radical (unpaired) electrons. The second-order valence-corrected chi connectivity index (χ2v) is 17.3. The zero-order valence-electron chi connectivity index (χ0n) is 36.7. The Morgan fingerprint density at radius 3 is 1.38 bits per heavy atom. The second-order valence-electron chi connectivity index (χ2n) is 15.9. The van der Waals surface area contributed by atoms with E-state index >= 15 is 0 Å². The van der Waals surface area contributed by atoms with E-state index in [9.17, 15) is 44.6 Å². The summed E-state index contributed by atoms with van der Waals surface area (Å²) >= 11 is 0. The van der Waals surface area contributed by atoms with Crippen LogP contribution in [0.25, 0.3) is 0 Å². The van der Waals surface area contributed by atoms with Crippen molar-refractivity contribution >= 4 is 19.8 Å². The predicted octanol–water partition coefficient (Wildman–Crippen LogP) is 8.78. The molecule has 13 nitrogen and oxygen atoms in total. The molecule has 14 heteroatoms. The second kappa shape index (κ2) is 36.3. The van der Waals surface area contributed by atoms with Crippen LogP contribution in [0.2, 0.25) is 0 Å². The van der Waals surface area contributed by atoms with Crippen molar-refractivity contribution in [2.45, 2.75) is 217 Å². The highest BCUT2D eigenvalue weighted by Gasteiger charge is 2.51. The SMILES string of the molecule is CCCCC/C=C\C/C=C\CCCCCCCC(=O)OCC(COP(=O)(O)OC1C(O)C(O)C(O)C(O)C1O)OC(=O)CCCCCCC/C=C\C/C=C\CCCCCC. The molecule has 348 valence electrons. The Morgan fingerprint density at radius 2 is 0.900 bits per heavy atom. The van der Waals surface area contributed by atoms with E-state index < -0.39 is 75.7 Å². The van der Waals surface area contributed by atoms with E-state index in [-0.39, 0.29) is 12.8 Å². The summed E-state index contributed by atoms with van der Waals surface area (Å²) in [5.74, 6) is -1.13. The summed E-state index contributed by atoms with van der Waals surface area (Å²) in [7, 11) is -5.13. The van der Waals surface area contributed by atoms with Crippen LogP contribution in [-0.4, -0.2) is 98.3 Å². The van der Waals surface area contributed by atoms with Gasteiger partial charge in [0.25, 0.3) is 0 Å². The monoisotopic (exact) mass is 873 g/mol. The third-order valence-electron chi connectivity index (χ3n) is 10.4. The summed E-state index contributed by atoms with van der Waals surface area (Å²) in [6.45, 7) is 3.22. The van der Waals surface area contributed by atoms with Crippen LogP contribution in [0.3, 0.4) is 0 Å².